The molecule has 1 aliphatic rings. The standard InChI is InChI=1S/C18H17N3O/c22-15-6-3-13(4-7-15)14-5-8-16-17(11-14)20-18(12-19-16)21-9-1-2-10-21/h3-8,11-12,22H,1-2,9-10H2. The molecule has 2 heterocycles. The average molecular weight is 291 g/mol. The average Bonchev–Trinajstić information content (AvgIpc) is 3.09. The molecule has 4 heteroatoms. The van der Waals surface area contributed by atoms with Crippen LogP contribution in [0, 0.1) is 0 Å². The van der Waals surface area contributed by atoms with Gasteiger partial charge >= 0.3 is 0 Å². The van der Waals surface area contributed by atoms with E-state index in [-0.39, 0.29) is 5.75 Å². The molecule has 22 heavy (non-hydrogen) atoms. The highest BCUT2D eigenvalue weighted by Crippen LogP contribution is 2.26. The highest BCUT2D eigenvalue weighted by molar-refractivity contribution is 5.82. The highest BCUT2D eigenvalue weighted by Gasteiger charge is 2.14. The molecule has 0 aliphatic carbocycles. The Hall–Kier alpha value is -2.62. The van der Waals surface area contributed by atoms with E-state index in [0.29, 0.717) is 0 Å². The first-order valence-electron chi connectivity index (χ1n) is 7.61. The fraction of sp³-hybridized carbons (Fsp3) is 0.222. The minimum absolute atomic E-state index is 0.278. The molecule has 0 unspecified atom stereocenters. The summed E-state index contributed by atoms with van der Waals surface area (Å²) in [6.07, 6.45) is 4.33. The van der Waals surface area contributed by atoms with E-state index < -0.39 is 0 Å². The molecule has 0 spiro atoms. The second kappa shape index (κ2) is 5.30. The molecule has 110 valence electrons. The van der Waals surface area contributed by atoms with Crippen molar-refractivity contribution in [1.82, 2.24) is 9.97 Å². The van der Waals surface area contributed by atoms with Crippen molar-refractivity contribution in [2.75, 3.05) is 18.0 Å². The molecule has 1 fully saturated rings. The second-order valence-corrected chi connectivity index (χ2v) is 5.67. The quantitative estimate of drug-likeness (QED) is 0.783. The number of hydrogen-bond acceptors (Lipinski definition) is 4. The second-order valence-electron chi connectivity index (χ2n) is 5.67. The monoisotopic (exact) mass is 291 g/mol. The maximum Gasteiger partial charge on any atom is 0.147 e. The number of benzene rings is 2. The van der Waals surface area contributed by atoms with Crippen molar-refractivity contribution in [2.24, 2.45) is 0 Å². The van der Waals surface area contributed by atoms with Crippen molar-refractivity contribution in [3.63, 3.8) is 0 Å². The lowest BCUT2D eigenvalue weighted by atomic mass is 10.0. The van der Waals surface area contributed by atoms with Gasteiger partial charge in [-0.15, -0.1) is 0 Å². The van der Waals surface area contributed by atoms with Crippen molar-refractivity contribution in [3.8, 4) is 16.9 Å². The van der Waals surface area contributed by atoms with Gasteiger partial charge in [0.05, 0.1) is 17.2 Å². The van der Waals surface area contributed by atoms with Crippen LogP contribution in [0.4, 0.5) is 5.82 Å². The van der Waals surface area contributed by atoms with Crippen molar-refractivity contribution in [3.05, 3.63) is 48.7 Å². The van der Waals surface area contributed by atoms with E-state index in [1.165, 1.54) is 12.8 Å². The predicted molar refractivity (Wildman–Crippen MR) is 88.1 cm³/mol. The van der Waals surface area contributed by atoms with Crippen LogP contribution < -0.4 is 4.90 Å². The van der Waals surface area contributed by atoms with Crippen LogP contribution in [0.5, 0.6) is 5.75 Å². The van der Waals surface area contributed by atoms with E-state index in [4.69, 9.17) is 4.98 Å². The lowest BCUT2D eigenvalue weighted by Gasteiger charge is -2.16. The zero-order valence-electron chi connectivity index (χ0n) is 12.2. The van der Waals surface area contributed by atoms with E-state index in [1.807, 2.05) is 30.5 Å². The molecule has 0 saturated carbocycles. The van der Waals surface area contributed by atoms with Gasteiger partial charge in [-0.3, -0.25) is 4.98 Å². The van der Waals surface area contributed by atoms with Gasteiger partial charge in [0.15, 0.2) is 0 Å². The molecule has 2 aromatic carbocycles. The summed E-state index contributed by atoms with van der Waals surface area (Å²) in [5, 5.41) is 9.41. The summed E-state index contributed by atoms with van der Waals surface area (Å²) in [4.78, 5) is 11.6. The van der Waals surface area contributed by atoms with Gasteiger partial charge in [-0.25, -0.2) is 4.98 Å². The smallest absolute Gasteiger partial charge is 0.147 e. The zero-order chi connectivity index (χ0) is 14.9. The minimum Gasteiger partial charge on any atom is -0.508 e. The summed E-state index contributed by atoms with van der Waals surface area (Å²) in [6, 6.07) is 13.3. The lowest BCUT2D eigenvalue weighted by molar-refractivity contribution is 0.475. The number of rotatable bonds is 2. The molecule has 4 nitrogen and oxygen atoms in total. The Balaban J connectivity index is 1.76. The maximum atomic E-state index is 9.41. The molecular formula is C18H17N3O. The SMILES string of the molecule is Oc1ccc(-c2ccc3ncc(N4CCCC4)nc3c2)cc1. The van der Waals surface area contributed by atoms with E-state index in [0.717, 1.165) is 41.1 Å². The summed E-state index contributed by atoms with van der Waals surface area (Å²) in [7, 11) is 0. The Kier molecular flexibility index (Phi) is 3.15. The van der Waals surface area contributed by atoms with Crippen LogP contribution in [0.15, 0.2) is 48.7 Å². The van der Waals surface area contributed by atoms with E-state index in [9.17, 15) is 5.11 Å². The number of aromatic hydroxyl groups is 1. The molecule has 1 saturated heterocycles. The summed E-state index contributed by atoms with van der Waals surface area (Å²) in [5.41, 5.74) is 3.97. The molecular weight excluding hydrogens is 274 g/mol. The van der Waals surface area contributed by atoms with Crippen LogP contribution in [0.1, 0.15) is 12.8 Å². The Morgan fingerprint density at radius 3 is 2.36 bits per heavy atom. The van der Waals surface area contributed by atoms with Crippen LogP contribution in [0.25, 0.3) is 22.2 Å². The third-order valence-electron chi connectivity index (χ3n) is 4.16. The summed E-state index contributed by atoms with van der Waals surface area (Å²) < 4.78 is 0. The van der Waals surface area contributed by atoms with Gasteiger partial charge in [-0.05, 0) is 48.2 Å². The largest absolute Gasteiger partial charge is 0.508 e. The first kappa shape index (κ1) is 13.1. The number of phenols is 1. The topological polar surface area (TPSA) is 49.3 Å². The van der Waals surface area contributed by atoms with Gasteiger partial charge < -0.3 is 10.0 Å². The molecule has 3 aromatic rings. The number of anilines is 1. The molecule has 0 atom stereocenters. The lowest BCUT2D eigenvalue weighted by Crippen LogP contribution is -2.19. The summed E-state index contributed by atoms with van der Waals surface area (Å²) >= 11 is 0. The Labute approximate surface area is 129 Å². The summed E-state index contributed by atoms with van der Waals surface area (Å²) in [5.74, 6) is 1.24. The fourth-order valence-electron chi connectivity index (χ4n) is 2.93. The molecule has 0 amide bonds. The van der Waals surface area contributed by atoms with Crippen LogP contribution in [-0.4, -0.2) is 28.2 Å². The van der Waals surface area contributed by atoms with Crippen LogP contribution in [0.2, 0.25) is 0 Å². The van der Waals surface area contributed by atoms with E-state index >= 15 is 0 Å². The maximum absolute atomic E-state index is 9.41. The first-order chi connectivity index (χ1) is 10.8. The number of aromatic nitrogens is 2. The molecule has 0 bridgehead atoms. The van der Waals surface area contributed by atoms with Gasteiger partial charge in [0, 0.05) is 13.1 Å². The van der Waals surface area contributed by atoms with E-state index in [1.54, 1.807) is 12.1 Å². The summed E-state index contributed by atoms with van der Waals surface area (Å²) in [6.45, 7) is 2.13. The van der Waals surface area contributed by atoms with Gasteiger partial charge in [-0.1, -0.05) is 18.2 Å². The minimum atomic E-state index is 0.278. The fourth-order valence-corrected chi connectivity index (χ4v) is 2.93. The Bertz CT molecular complexity index is 808. The predicted octanol–water partition coefficient (Wildman–Crippen LogP) is 3.60. The van der Waals surface area contributed by atoms with Crippen molar-refractivity contribution < 1.29 is 5.11 Å². The highest BCUT2D eigenvalue weighted by atomic mass is 16.3. The normalized spacial score (nSPS) is 14.6. The molecule has 0 radical (unpaired) electrons. The number of fused-ring (bicyclic) bond motifs is 1. The first-order valence-corrected chi connectivity index (χ1v) is 7.61. The van der Waals surface area contributed by atoms with Gasteiger partial charge in [0.2, 0.25) is 0 Å². The van der Waals surface area contributed by atoms with Crippen LogP contribution in [0.3, 0.4) is 0 Å². The van der Waals surface area contributed by atoms with Crippen molar-refractivity contribution >= 4 is 16.9 Å². The number of hydrogen-bond donors (Lipinski definition) is 1. The number of nitrogens with zero attached hydrogens (tertiary/aromatic N) is 3. The molecule has 1 N–H and O–H groups in total. The third-order valence-corrected chi connectivity index (χ3v) is 4.16. The van der Waals surface area contributed by atoms with Crippen molar-refractivity contribution in [1.29, 1.82) is 0 Å². The Morgan fingerprint density at radius 2 is 1.59 bits per heavy atom. The molecule has 4 rings (SSSR count). The van der Waals surface area contributed by atoms with Gasteiger partial charge in [-0.2, -0.15) is 0 Å². The number of phenolic OH excluding ortho intramolecular Hbond substituents is 1. The van der Waals surface area contributed by atoms with Gasteiger partial charge in [0.25, 0.3) is 0 Å². The van der Waals surface area contributed by atoms with Crippen LogP contribution >= 0.6 is 0 Å². The Morgan fingerprint density at radius 1 is 0.864 bits per heavy atom. The van der Waals surface area contributed by atoms with Gasteiger partial charge in [0.1, 0.15) is 11.6 Å². The zero-order valence-corrected chi connectivity index (χ0v) is 12.2. The van der Waals surface area contributed by atoms with Crippen molar-refractivity contribution in [2.45, 2.75) is 12.8 Å². The molecule has 1 aliphatic heterocycles. The van der Waals surface area contributed by atoms with Crippen LogP contribution in [-0.2, 0) is 0 Å². The molecule has 1 aromatic heterocycles. The van der Waals surface area contributed by atoms with E-state index in [2.05, 4.69) is 16.0 Å². The third kappa shape index (κ3) is 2.37.